The van der Waals surface area contributed by atoms with Crippen molar-refractivity contribution in [1.29, 1.82) is 0 Å². The number of tetrazole rings is 1. The molecule has 1 unspecified atom stereocenters. The van der Waals surface area contributed by atoms with Gasteiger partial charge in [-0.25, -0.2) is 28.1 Å². The fraction of sp³-hybridized carbons (Fsp3) is 0.429. The highest BCUT2D eigenvalue weighted by molar-refractivity contribution is 7.89. The van der Waals surface area contributed by atoms with Crippen molar-refractivity contribution in [3.63, 3.8) is 0 Å². The van der Waals surface area contributed by atoms with Crippen LogP contribution in [0, 0.1) is 5.92 Å². The lowest BCUT2D eigenvalue weighted by Crippen LogP contribution is -2.37. The smallest absolute Gasteiger partial charge is 0.303 e. The van der Waals surface area contributed by atoms with Crippen molar-refractivity contribution in [1.82, 2.24) is 44.4 Å². The predicted molar refractivity (Wildman–Crippen MR) is 191 cm³/mol. The van der Waals surface area contributed by atoms with Gasteiger partial charge in [-0.2, -0.15) is 4.80 Å². The van der Waals surface area contributed by atoms with Gasteiger partial charge in [0.05, 0.1) is 25.2 Å². The Labute approximate surface area is 306 Å². The van der Waals surface area contributed by atoms with Crippen molar-refractivity contribution in [2.24, 2.45) is 5.92 Å². The minimum Gasteiger partial charge on any atom is -0.455 e. The lowest BCUT2D eigenvalue weighted by Gasteiger charge is -2.23. The summed E-state index contributed by atoms with van der Waals surface area (Å²) < 4.78 is 47.7. The molecular formula is C35H42N10O7S. The van der Waals surface area contributed by atoms with Gasteiger partial charge in [0.25, 0.3) is 0 Å². The van der Waals surface area contributed by atoms with E-state index < -0.39 is 46.5 Å². The second-order valence-electron chi connectivity index (χ2n) is 13.0. The molecule has 18 heteroatoms. The van der Waals surface area contributed by atoms with Gasteiger partial charge in [-0.05, 0) is 29.2 Å². The number of aryl methyl sites for hydroxylation is 1. The number of esters is 2. The Morgan fingerprint density at radius 2 is 1.58 bits per heavy atom. The Morgan fingerprint density at radius 1 is 0.943 bits per heavy atom. The monoisotopic (exact) mass is 746 g/mol. The van der Waals surface area contributed by atoms with Gasteiger partial charge in [-0.3, -0.25) is 14.2 Å². The molecule has 1 aliphatic rings. The number of carbonyl (C=O) groups excluding carboxylic acids is 2. The molecule has 2 aromatic carbocycles. The number of ether oxygens (including phenoxy) is 3. The van der Waals surface area contributed by atoms with Crippen LogP contribution in [0.3, 0.4) is 0 Å². The van der Waals surface area contributed by atoms with Gasteiger partial charge in [-0.1, -0.05) is 74.5 Å². The largest absolute Gasteiger partial charge is 0.455 e. The Bertz CT molecular complexity index is 2100. The first-order valence-electron chi connectivity index (χ1n) is 17.2. The van der Waals surface area contributed by atoms with E-state index in [1.807, 2.05) is 57.2 Å². The molecule has 0 spiro atoms. The van der Waals surface area contributed by atoms with Crippen molar-refractivity contribution in [2.45, 2.75) is 78.2 Å². The molecule has 3 aromatic heterocycles. The van der Waals surface area contributed by atoms with E-state index in [0.29, 0.717) is 24.4 Å². The lowest BCUT2D eigenvalue weighted by molar-refractivity contribution is -0.165. The fourth-order valence-corrected chi connectivity index (χ4v) is 7.58. The van der Waals surface area contributed by atoms with Crippen LogP contribution in [0.4, 0.5) is 5.82 Å². The van der Waals surface area contributed by atoms with Crippen LogP contribution < -0.4 is 10.0 Å². The molecule has 17 nitrogen and oxygen atoms in total. The van der Waals surface area contributed by atoms with E-state index in [4.69, 9.17) is 24.2 Å². The molecule has 2 N–H and O–H groups in total. The van der Waals surface area contributed by atoms with E-state index in [1.54, 1.807) is 0 Å². The van der Waals surface area contributed by atoms with Gasteiger partial charge >= 0.3 is 11.9 Å². The summed E-state index contributed by atoms with van der Waals surface area (Å²) in [5.74, 6) is -0.961. The first-order valence-corrected chi connectivity index (χ1v) is 18.9. The topological polar surface area (TPSA) is 207 Å². The van der Waals surface area contributed by atoms with Crippen LogP contribution in [0.1, 0.15) is 75.6 Å². The molecule has 4 atom stereocenters. The number of aromatic nitrogens is 8. The summed E-state index contributed by atoms with van der Waals surface area (Å²) in [7, 11) is -3.66. The molecular weight excluding hydrogens is 705 g/mol. The molecule has 1 aliphatic heterocycles. The van der Waals surface area contributed by atoms with Crippen molar-refractivity contribution in [3.8, 4) is 0 Å². The third-order valence-corrected chi connectivity index (χ3v) is 10.1. The number of nitrogens with one attached hydrogen (secondary N) is 2. The molecule has 0 amide bonds. The number of carbonyl (C=O) groups is 2. The first kappa shape index (κ1) is 37.4. The number of hydrogen-bond acceptors (Lipinski definition) is 14. The molecule has 1 saturated heterocycles. The fourth-order valence-electron chi connectivity index (χ4n) is 6.23. The van der Waals surface area contributed by atoms with Gasteiger partial charge in [0.1, 0.15) is 5.82 Å². The minimum absolute atomic E-state index is 0.0797. The maximum atomic E-state index is 12.9. The Morgan fingerprint density at radius 3 is 2.17 bits per heavy atom. The van der Waals surface area contributed by atoms with Crippen LogP contribution in [0.5, 0.6) is 0 Å². The number of hydrogen-bond donors (Lipinski definition) is 2. The van der Waals surface area contributed by atoms with Gasteiger partial charge < -0.3 is 19.5 Å². The highest BCUT2D eigenvalue weighted by atomic mass is 32.2. The standard InChI is InChI=1S/C35H42N10O7S/c1-6-45-42-33(41-43-45)30-29(50-22(4)46)31(51-23(5)47)35(52-30)44-20-37-28-32(39-27(40-34(28)44)18-38-53(48,49)19-21(2)3)36-17-26(24-13-9-7-10-14-24)25-15-11-8-12-16-25/h7-16,20-21,26,29-31,35,38H,6,17-19H2,1-5H3,(H,36,39,40)/t29-,30+,31-,35?/m1/s1. The molecule has 0 bridgehead atoms. The summed E-state index contributed by atoms with van der Waals surface area (Å²) in [5, 5.41) is 15.9. The highest BCUT2D eigenvalue weighted by Crippen LogP contribution is 2.42. The average Bonchev–Trinajstić information content (AvgIpc) is 3.85. The molecule has 0 saturated carbocycles. The van der Waals surface area contributed by atoms with E-state index in [9.17, 15) is 18.0 Å². The van der Waals surface area contributed by atoms with Gasteiger partial charge in [0.2, 0.25) is 15.8 Å². The normalized spacial score (nSPS) is 18.8. The van der Waals surface area contributed by atoms with Crippen molar-refractivity contribution in [3.05, 3.63) is 89.8 Å². The zero-order valence-corrected chi connectivity index (χ0v) is 30.8. The molecule has 5 aromatic rings. The number of rotatable bonds is 15. The van der Waals surface area contributed by atoms with E-state index in [0.717, 1.165) is 11.1 Å². The molecule has 0 aliphatic carbocycles. The number of anilines is 1. The van der Waals surface area contributed by atoms with Gasteiger partial charge in [0.15, 0.2) is 41.5 Å². The quantitative estimate of drug-likeness (QED) is 0.148. The average molecular weight is 747 g/mol. The number of benzene rings is 2. The molecule has 280 valence electrons. The summed E-state index contributed by atoms with van der Waals surface area (Å²) in [6, 6.07) is 20.0. The summed E-state index contributed by atoms with van der Waals surface area (Å²) in [4.78, 5) is 40.2. The maximum absolute atomic E-state index is 12.9. The lowest BCUT2D eigenvalue weighted by atomic mass is 9.91. The molecule has 4 heterocycles. The van der Waals surface area contributed by atoms with Crippen molar-refractivity contribution in [2.75, 3.05) is 17.6 Å². The first-order chi connectivity index (χ1) is 25.4. The Kier molecular flexibility index (Phi) is 11.4. The third-order valence-electron chi connectivity index (χ3n) is 8.42. The van der Waals surface area contributed by atoms with E-state index in [1.165, 1.54) is 29.5 Å². The van der Waals surface area contributed by atoms with Crippen LogP contribution in [0.2, 0.25) is 0 Å². The van der Waals surface area contributed by atoms with E-state index >= 15 is 0 Å². The Balaban J connectivity index is 1.43. The number of imidazole rings is 1. The van der Waals surface area contributed by atoms with Crippen molar-refractivity contribution >= 4 is 38.9 Å². The second kappa shape index (κ2) is 16.1. The van der Waals surface area contributed by atoms with Crippen LogP contribution >= 0.6 is 0 Å². The van der Waals surface area contributed by atoms with Crippen LogP contribution in [-0.4, -0.2) is 84.6 Å². The number of nitrogens with zero attached hydrogens (tertiary/aromatic N) is 8. The molecule has 1 fully saturated rings. The zero-order valence-electron chi connectivity index (χ0n) is 30.0. The second-order valence-corrected chi connectivity index (χ2v) is 14.8. The summed E-state index contributed by atoms with van der Waals surface area (Å²) in [6.45, 7) is 8.53. The number of sulfonamides is 1. The summed E-state index contributed by atoms with van der Waals surface area (Å²) in [6.07, 6.45) is -3.11. The third kappa shape index (κ3) is 8.83. The Hall–Kier alpha value is -5.33. The maximum Gasteiger partial charge on any atom is 0.303 e. The van der Waals surface area contributed by atoms with Gasteiger partial charge in [0, 0.05) is 26.3 Å². The minimum atomic E-state index is -3.66. The molecule has 53 heavy (non-hydrogen) atoms. The number of fused-ring (bicyclic) bond motifs is 1. The van der Waals surface area contributed by atoms with Crippen LogP contribution in [0.15, 0.2) is 67.0 Å². The zero-order chi connectivity index (χ0) is 37.7. The summed E-state index contributed by atoms with van der Waals surface area (Å²) in [5.41, 5.74) is 2.73. The molecule has 6 rings (SSSR count). The van der Waals surface area contributed by atoms with Crippen molar-refractivity contribution < 1.29 is 32.2 Å². The molecule has 0 radical (unpaired) electrons. The SMILES string of the molecule is CCn1nnc([C@H]2OC(n3cnc4c(NCC(c5ccccc5)c5ccccc5)nc(CNS(=O)(=O)CC(C)C)nc43)[C@H](OC(C)=O)[C@@H]2OC(C)=O)n1. The van der Waals surface area contributed by atoms with Crippen LogP contribution in [0.25, 0.3) is 11.2 Å². The predicted octanol–water partition coefficient (Wildman–Crippen LogP) is 3.29. The summed E-state index contributed by atoms with van der Waals surface area (Å²) >= 11 is 0. The van der Waals surface area contributed by atoms with Gasteiger partial charge in [-0.15, -0.1) is 10.2 Å². The van der Waals surface area contributed by atoms with Crippen LogP contribution in [-0.2, 0) is 46.9 Å². The van der Waals surface area contributed by atoms with E-state index in [-0.39, 0.29) is 41.4 Å². The highest BCUT2D eigenvalue weighted by Gasteiger charge is 2.53. The van der Waals surface area contributed by atoms with E-state index in [2.05, 4.69) is 54.7 Å².